The van der Waals surface area contributed by atoms with Gasteiger partial charge in [0.05, 0.1) is 5.69 Å². The molecule has 4 nitrogen and oxygen atoms in total. The monoisotopic (exact) mass is 192 g/mol. The van der Waals surface area contributed by atoms with Gasteiger partial charge in [-0.05, 0) is 13.8 Å². The molecular weight excluding hydrogens is 180 g/mol. The highest BCUT2D eigenvalue weighted by Gasteiger charge is 2.15. The molecular formula is C10H12N2O2. The molecule has 0 saturated carbocycles. The van der Waals surface area contributed by atoms with Gasteiger partial charge in [-0.1, -0.05) is 0 Å². The average Bonchev–Trinajstić information content (AvgIpc) is 2.51. The van der Waals surface area contributed by atoms with E-state index in [1.165, 1.54) is 6.39 Å². The number of nitrogens with one attached hydrogen (secondary N) is 1. The highest BCUT2D eigenvalue weighted by Crippen LogP contribution is 2.05. The average molecular weight is 192 g/mol. The maximum Gasteiger partial charge on any atom is 0.289 e. The first-order chi connectivity index (χ1) is 6.65. The number of amides is 1. The number of aromatic nitrogens is 1. The molecule has 1 atom stereocenters. The summed E-state index contributed by atoms with van der Waals surface area (Å²) in [5, 5.41) is 2.71. The van der Waals surface area contributed by atoms with Crippen molar-refractivity contribution in [3.8, 4) is 12.3 Å². The molecule has 0 aromatic carbocycles. The molecule has 1 N–H and O–H groups in total. The zero-order valence-corrected chi connectivity index (χ0v) is 8.20. The minimum atomic E-state index is -0.275. The first-order valence-corrected chi connectivity index (χ1v) is 4.29. The summed E-state index contributed by atoms with van der Waals surface area (Å²) in [5.74, 6) is 2.44. The molecule has 1 amide bonds. The lowest BCUT2D eigenvalue weighted by molar-refractivity contribution is 0.0912. The van der Waals surface area contributed by atoms with E-state index >= 15 is 0 Å². The predicted molar refractivity (Wildman–Crippen MR) is 51.6 cm³/mol. The maximum absolute atomic E-state index is 11.5. The molecule has 1 heterocycles. The number of hydrogen-bond acceptors (Lipinski definition) is 3. The van der Waals surface area contributed by atoms with Crippen LogP contribution < -0.4 is 5.32 Å². The number of hydrogen-bond donors (Lipinski definition) is 1. The van der Waals surface area contributed by atoms with E-state index in [0.717, 1.165) is 0 Å². The van der Waals surface area contributed by atoms with Crippen LogP contribution in [-0.4, -0.2) is 16.9 Å². The van der Waals surface area contributed by atoms with Crippen LogP contribution in [0.15, 0.2) is 10.8 Å². The Bertz CT molecular complexity index is 362. The minimum Gasteiger partial charge on any atom is -0.438 e. The summed E-state index contributed by atoms with van der Waals surface area (Å²) >= 11 is 0. The van der Waals surface area contributed by atoms with Crippen LogP contribution in [0, 0.1) is 19.3 Å². The van der Waals surface area contributed by atoms with Crippen molar-refractivity contribution in [1.82, 2.24) is 10.3 Å². The van der Waals surface area contributed by atoms with E-state index in [2.05, 4.69) is 16.2 Å². The van der Waals surface area contributed by atoms with Crippen molar-refractivity contribution in [2.45, 2.75) is 26.3 Å². The summed E-state index contributed by atoms with van der Waals surface area (Å²) in [4.78, 5) is 15.3. The van der Waals surface area contributed by atoms with E-state index in [1.54, 1.807) is 6.92 Å². The van der Waals surface area contributed by atoms with Crippen molar-refractivity contribution in [2.24, 2.45) is 0 Å². The van der Waals surface area contributed by atoms with Crippen LogP contribution in [-0.2, 0) is 0 Å². The Kier molecular flexibility index (Phi) is 3.29. The lowest BCUT2D eigenvalue weighted by Gasteiger charge is -2.08. The molecule has 0 aliphatic heterocycles. The van der Waals surface area contributed by atoms with Crippen LogP contribution in [0.25, 0.3) is 0 Å². The van der Waals surface area contributed by atoms with Crippen LogP contribution in [0.4, 0.5) is 0 Å². The highest BCUT2D eigenvalue weighted by molar-refractivity contribution is 5.92. The largest absolute Gasteiger partial charge is 0.438 e. The molecule has 0 aliphatic rings. The van der Waals surface area contributed by atoms with E-state index in [0.29, 0.717) is 12.1 Å². The van der Waals surface area contributed by atoms with Gasteiger partial charge in [0.25, 0.3) is 5.91 Å². The molecule has 1 aromatic heterocycles. The Morgan fingerprint density at radius 1 is 1.86 bits per heavy atom. The van der Waals surface area contributed by atoms with E-state index in [1.807, 2.05) is 6.92 Å². The maximum atomic E-state index is 11.5. The minimum absolute atomic E-state index is 0.0583. The van der Waals surface area contributed by atoms with Gasteiger partial charge in [-0.3, -0.25) is 4.79 Å². The fourth-order valence-electron chi connectivity index (χ4n) is 1.04. The van der Waals surface area contributed by atoms with Gasteiger partial charge in [-0.15, -0.1) is 12.3 Å². The van der Waals surface area contributed by atoms with Gasteiger partial charge in [0.1, 0.15) is 0 Å². The molecule has 4 heteroatoms. The van der Waals surface area contributed by atoms with Gasteiger partial charge in [-0.2, -0.15) is 0 Å². The molecule has 1 aromatic rings. The van der Waals surface area contributed by atoms with Crippen molar-refractivity contribution in [1.29, 1.82) is 0 Å². The normalized spacial score (nSPS) is 11.8. The third-order valence-corrected chi connectivity index (χ3v) is 1.75. The Labute approximate surface area is 82.7 Å². The van der Waals surface area contributed by atoms with Gasteiger partial charge < -0.3 is 9.73 Å². The van der Waals surface area contributed by atoms with Crippen molar-refractivity contribution in [2.75, 3.05) is 0 Å². The number of terminal acetylenes is 1. The van der Waals surface area contributed by atoms with Crippen LogP contribution in [0.1, 0.15) is 29.6 Å². The zero-order valence-electron chi connectivity index (χ0n) is 8.20. The zero-order chi connectivity index (χ0) is 10.6. The molecule has 1 unspecified atom stereocenters. The number of aryl methyl sites for hydroxylation is 1. The third-order valence-electron chi connectivity index (χ3n) is 1.75. The molecule has 0 bridgehead atoms. The van der Waals surface area contributed by atoms with E-state index in [9.17, 15) is 4.79 Å². The first kappa shape index (κ1) is 10.3. The standard InChI is InChI=1S/C10H12N2O2/c1-4-5-7(2)12-10(13)9-8(3)11-6-14-9/h1,6-7H,5H2,2-3H3,(H,12,13). The van der Waals surface area contributed by atoms with Crippen molar-refractivity contribution >= 4 is 5.91 Å². The topological polar surface area (TPSA) is 55.1 Å². The molecule has 74 valence electrons. The molecule has 0 fully saturated rings. The van der Waals surface area contributed by atoms with Gasteiger partial charge in [-0.25, -0.2) is 4.98 Å². The lowest BCUT2D eigenvalue weighted by Crippen LogP contribution is -2.32. The van der Waals surface area contributed by atoms with E-state index < -0.39 is 0 Å². The second kappa shape index (κ2) is 4.47. The van der Waals surface area contributed by atoms with E-state index in [4.69, 9.17) is 10.8 Å². The van der Waals surface area contributed by atoms with E-state index in [-0.39, 0.29) is 17.7 Å². The van der Waals surface area contributed by atoms with Crippen molar-refractivity contribution in [3.63, 3.8) is 0 Å². The second-order valence-corrected chi connectivity index (χ2v) is 3.05. The van der Waals surface area contributed by atoms with Gasteiger partial charge >= 0.3 is 0 Å². The van der Waals surface area contributed by atoms with Crippen molar-refractivity contribution in [3.05, 3.63) is 17.8 Å². The summed E-state index contributed by atoms with van der Waals surface area (Å²) in [6.45, 7) is 3.55. The Hall–Kier alpha value is -1.76. The smallest absolute Gasteiger partial charge is 0.289 e. The Balaban J connectivity index is 2.60. The molecule has 0 saturated heterocycles. The molecule has 0 spiro atoms. The number of carbonyl (C=O) groups is 1. The van der Waals surface area contributed by atoms with Crippen LogP contribution in [0.5, 0.6) is 0 Å². The van der Waals surface area contributed by atoms with Crippen LogP contribution >= 0.6 is 0 Å². The SMILES string of the molecule is C#CCC(C)NC(=O)c1ocnc1C. The van der Waals surface area contributed by atoms with Crippen molar-refractivity contribution < 1.29 is 9.21 Å². The molecule has 1 rings (SSSR count). The number of nitrogens with zero attached hydrogens (tertiary/aromatic N) is 1. The quantitative estimate of drug-likeness (QED) is 0.730. The highest BCUT2D eigenvalue weighted by atomic mass is 16.3. The first-order valence-electron chi connectivity index (χ1n) is 4.29. The number of carbonyl (C=O) groups excluding carboxylic acids is 1. The Morgan fingerprint density at radius 3 is 3.07 bits per heavy atom. The van der Waals surface area contributed by atoms with Gasteiger partial charge in [0, 0.05) is 12.5 Å². The Morgan fingerprint density at radius 2 is 2.57 bits per heavy atom. The lowest BCUT2D eigenvalue weighted by atomic mass is 10.2. The summed E-state index contributed by atoms with van der Waals surface area (Å²) in [5.41, 5.74) is 0.579. The molecule has 14 heavy (non-hydrogen) atoms. The second-order valence-electron chi connectivity index (χ2n) is 3.05. The molecule has 0 radical (unpaired) electrons. The summed E-state index contributed by atoms with van der Waals surface area (Å²) in [6.07, 6.45) is 6.86. The summed E-state index contributed by atoms with van der Waals surface area (Å²) in [6, 6.07) is -0.0583. The fourth-order valence-corrected chi connectivity index (χ4v) is 1.04. The van der Waals surface area contributed by atoms with Gasteiger partial charge in [0.15, 0.2) is 6.39 Å². The van der Waals surface area contributed by atoms with Gasteiger partial charge in [0.2, 0.25) is 5.76 Å². The summed E-state index contributed by atoms with van der Waals surface area (Å²) in [7, 11) is 0. The number of oxazole rings is 1. The number of rotatable bonds is 3. The van der Waals surface area contributed by atoms with Crippen LogP contribution in [0.3, 0.4) is 0 Å². The fraction of sp³-hybridized carbons (Fsp3) is 0.400. The van der Waals surface area contributed by atoms with Crippen LogP contribution in [0.2, 0.25) is 0 Å². The molecule has 0 aliphatic carbocycles. The summed E-state index contributed by atoms with van der Waals surface area (Å²) < 4.78 is 4.93. The predicted octanol–water partition coefficient (Wildman–Crippen LogP) is 1.12. The third kappa shape index (κ3) is 2.36.